The molecule has 142 valence electrons. The first-order valence-corrected chi connectivity index (χ1v) is 9.16. The number of carbonyl (C=O) groups is 2. The van der Waals surface area contributed by atoms with Crippen molar-refractivity contribution in [2.45, 2.75) is 19.1 Å². The summed E-state index contributed by atoms with van der Waals surface area (Å²) in [5, 5.41) is 4.10. The van der Waals surface area contributed by atoms with Crippen LogP contribution >= 0.6 is 23.2 Å². The number of hydrogen-bond acceptors (Lipinski definition) is 4. The zero-order chi connectivity index (χ0) is 19.6. The molecule has 0 radical (unpaired) electrons. The standard InChI is InChI=1S/C19H19Cl2N3O3/c1-11(12-6-7-13(20)14(21)8-12)23-9-18(25)24-10-17(19(22)26)27-16-5-3-2-4-15(16)24/h2-8,11,17,23H,9-10H2,1H3,(H2,22,26)/t11-,17-/m1/s1. The van der Waals surface area contributed by atoms with Crippen LogP contribution in [0.15, 0.2) is 42.5 Å². The van der Waals surface area contributed by atoms with E-state index in [-0.39, 0.29) is 25.0 Å². The molecule has 0 unspecified atom stereocenters. The fraction of sp³-hybridized carbons (Fsp3) is 0.263. The first-order valence-electron chi connectivity index (χ1n) is 8.40. The second-order valence-corrected chi connectivity index (χ2v) is 7.07. The van der Waals surface area contributed by atoms with Gasteiger partial charge in [0.1, 0.15) is 5.75 Å². The summed E-state index contributed by atoms with van der Waals surface area (Å²) < 4.78 is 5.58. The van der Waals surface area contributed by atoms with Gasteiger partial charge in [-0.05, 0) is 36.8 Å². The number of hydrogen-bond donors (Lipinski definition) is 2. The minimum atomic E-state index is -0.878. The average Bonchev–Trinajstić information content (AvgIpc) is 2.66. The van der Waals surface area contributed by atoms with Gasteiger partial charge in [0.05, 0.1) is 28.8 Å². The number of nitrogens with two attached hydrogens (primary N) is 1. The van der Waals surface area contributed by atoms with Gasteiger partial charge in [-0.2, -0.15) is 0 Å². The molecule has 3 rings (SSSR count). The van der Waals surface area contributed by atoms with Crippen LogP contribution in [0.25, 0.3) is 0 Å². The third-order valence-electron chi connectivity index (χ3n) is 4.40. The summed E-state index contributed by atoms with van der Waals surface area (Å²) in [6.07, 6.45) is -0.878. The van der Waals surface area contributed by atoms with Crippen molar-refractivity contribution in [1.29, 1.82) is 0 Å². The summed E-state index contributed by atoms with van der Waals surface area (Å²) in [7, 11) is 0. The number of para-hydroxylation sites is 2. The van der Waals surface area contributed by atoms with Gasteiger partial charge < -0.3 is 20.7 Å². The maximum atomic E-state index is 12.8. The van der Waals surface area contributed by atoms with Crippen LogP contribution in [-0.4, -0.2) is 31.0 Å². The van der Waals surface area contributed by atoms with Crippen molar-refractivity contribution in [3.8, 4) is 5.75 Å². The molecule has 0 spiro atoms. The van der Waals surface area contributed by atoms with Crippen molar-refractivity contribution in [1.82, 2.24) is 5.32 Å². The van der Waals surface area contributed by atoms with E-state index in [1.54, 1.807) is 36.4 Å². The van der Waals surface area contributed by atoms with E-state index in [1.807, 2.05) is 13.0 Å². The number of anilines is 1. The van der Waals surface area contributed by atoms with Crippen LogP contribution in [0.1, 0.15) is 18.5 Å². The van der Waals surface area contributed by atoms with Gasteiger partial charge in [-0.1, -0.05) is 41.4 Å². The van der Waals surface area contributed by atoms with Gasteiger partial charge in [-0.15, -0.1) is 0 Å². The third-order valence-corrected chi connectivity index (χ3v) is 5.13. The zero-order valence-corrected chi connectivity index (χ0v) is 16.1. The number of carbonyl (C=O) groups excluding carboxylic acids is 2. The normalized spacial score (nSPS) is 17.0. The maximum Gasteiger partial charge on any atom is 0.260 e. The number of primary amides is 1. The van der Waals surface area contributed by atoms with Crippen LogP contribution in [0.3, 0.4) is 0 Å². The lowest BCUT2D eigenvalue weighted by Gasteiger charge is -2.33. The number of halogens is 2. The van der Waals surface area contributed by atoms with Gasteiger partial charge in [0.2, 0.25) is 5.91 Å². The molecule has 1 heterocycles. The summed E-state index contributed by atoms with van der Waals surface area (Å²) in [5.41, 5.74) is 6.90. The first kappa shape index (κ1) is 19.5. The molecule has 0 fully saturated rings. The highest BCUT2D eigenvalue weighted by atomic mass is 35.5. The Morgan fingerprint density at radius 3 is 2.70 bits per heavy atom. The van der Waals surface area contributed by atoms with E-state index in [9.17, 15) is 9.59 Å². The van der Waals surface area contributed by atoms with Gasteiger partial charge in [-0.25, -0.2) is 0 Å². The van der Waals surface area contributed by atoms with Crippen molar-refractivity contribution in [2.24, 2.45) is 5.73 Å². The van der Waals surface area contributed by atoms with E-state index in [0.29, 0.717) is 21.5 Å². The molecule has 2 amide bonds. The van der Waals surface area contributed by atoms with Crippen LogP contribution in [0.2, 0.25) is 10.0 Å². The molecule has 0 saturated heterocycles. The monoisotopic (exact) mass is 407 g/mol. The highest BCUT2D eigenvalue weighted by Crippen LogP contribution is 2.33. The molecule has 1 aliphatic rings. The molecule has 0 aromatic heterocycles. The number of amides is 2. The molecule has 6 nitrogen and oxygen atoms in total. The molecule has 1 aliphatic heterocycles. The van der Waals surface area contributed by atoms with Gasteiger partial charge in [-0.3, -0.25) is 9.59 Å². The Kier molecular flexibility index (Phi) is 5.89. The molecule has 2 atom stereocenters. The summed E-state index contributed by atoms with van der Waals surface area (Å²) >= 11 is 12.0. The van der Waals surface area contributed by atoms with E-state index < -0.39 is 12.0 Å². The minimum absolute atomic E-state index is 0.0707. The van der Waals surface area contributed by atoms with Crippen molar-refractivity contribution in [3.63, 3.8) is 0 Å². The molecular weight excluding hydrogens is 389 g/mol. The number of ether oxygens (including phenoxy) is 1. The number of nitrogens with one attached hydrogen (secondary N) is 1. The van der Waals surface area contributed by atoms with E-state index in [1.165, 1.54) is 4.90 Å². The number of rotatable bonds is 5. The number of benzene rings is 2. The summed E-state index contributed by atoms with van der Waals surface area (Å²) in [6, 6.07) is 12.3. The average molecular weight is 408 g/mol. The van der Waals surface area contributed by atoms with Crippen LogP contribution in [0, 0.1) is 0 Å². The summed E-state index contributed by atoms with van der Waals surface area (Å²) in [4.78, 5) is 25.9. The first-order chi connectivity index (χ1) is 12.9. The molecule has 0 saturated carbocycles. The van der Waals surface area contributed by atoms with Gasteiger partial charge in [0, 0.05) is 6.04 Å². The lowest BCUT2D eigenvalue weighted by molar-refractivity contribution is -0.125. The van der Waals surface area contributed by atoms with E-state index in [0.717, 1.165) is 5.56 Å². The van der Waals surface area contributed by atoms with Crippen LogP contribution in [-0.2, 0) is 9.59 Å². The van der Waals surface area contributed by atoms with E-state index in [4.69, 9.17) is 33.7 Å². The van der Waals surface area contributed by atoms with Crippen LogP contribution in [0.4, 0.5) is 5.69 Å². The highest BCUT2D eigenvalue weighted by Gasteiger charge is 2.32. The van der Waals surface area contributed by atoms with Gasteiger partial charge in [0.25, 0.3) is 5.91 Å². The van der Waals surface area contributed by atoms with E-state index >= 15 is 0 Å². The Bertz CT molecular complexity index is 875. The van der Waals surface area contributed by atoms with Crippen LogP contribution < -0.4 is 20.7 Å². The largest absolute Gasteiger partial charge is 0.477 e. The molecule has 0 aliphatic carbocycles. The fourth-order valence-electron chi connectivity index (χ4n) is 2.85. The molecule has 2 aromatic rings. The smallest absolute Gasteiger partial charge is 0.260 e. The van der Waals surface area contributed by atoms with Crippen LogP contribution in [0.5, 0.6) is 5.75 Å². The molecule has 0 bridgehead atoms. The summed E-state index contributed by atoms with van der Waals surface area (Å²) in [5.74, 6) is -0.346. The Balaban J connectivity index is 1.71. The molecular formula is C19H19Cl2N3O3. The molecule has 27 heavy (non-hydrogen) atoms. The van der Waals surface area contributed by atoms with Gasteiger partial charge >= 0.3 is 0 Å². The lowest BCUT2D eigenvalue weighted by Crippen LogP contribution is -2.51. The van der Waals surface area contributed by atoms with Crippen molar-refractivity contribution < 1.29 is 14.3 Å². The predicted molar refractivity (Wildman–Crippen MR) is 105 cm³/mol. The number of fused-ring (bicyclic) bond motifs is 1. The second-order valence-electron chi connectivity index (χ2n) is 6.26. The van der Waals surface area contributed by atoms with Crippen molar-refractivity contribution >= 4 is 40.7 Å². The fourth-order valence-corrected chi connectivity index (χ4v) is 3.16. The van der Waals surface area contributed by atoms with E-state index in [2.05, 4.69) is 5.32 Å². The number of nitrogens with zero attached hydrogens (tertiary/aromatic N) is 1. The Hall–Kier alpha value is -2.28. The third kappa shape index (κ3) is 4.35. The van der Waals surface area contributed by atoms with Crippen molar-refractivity contribution in [3.05, 3.63) is 58.1 Å². The second kappa shape index (κ2) is 8.17. The predicted octanol–water partition coefficient (Wildman–Crippen LogP) is 2.92. The SMILES string of the molecule is C[C@@H](NCC(=O)N1C[C@H](C(N)=O)Oc2ccccc21)c1ccc(Cl)c(Cl)c1. The Labute approximate surface area is 167 Å². The Morgan fingerprint density at radius 2 is 2.00 bits per heavy atom. The molecule has 2 aromatic carbocycles. The summed E-state index contributed by atoms with van der Waals surface area (Å²) in [6.45, 7) is 2.07. The highest BCUT2D eigenvalue weighted by molar-refractivity contribution is 6.42. The zero-order valence-electron chi connectivity index (χ0n) is 14.6. The quantitative estimate of drug-likeness (QED) is 0.797. The topological polar surface area (TPSA) is 84.7 Å². The van der Waals surface area contributed by atoms with Gasteiger partial charge in [0.15, 0.2) is 6.10 Å². The molecule has 8 heteroatoms. The lowest BCUT2D eigenvalue weighted by atomic mass is 10.1. The maximum absolute atomic E-state index is 12.8. The Morgan fingerprint density at radius 1 is 1.26 bits per heavy atom. The molecule has 3 N–H and O–H groups in total. The minimum Gasteiger partial charge on any atom is -0.477 e. The van der Waals surface area contributed by atoms with Crippen molar-refractivity contribution in [2.75, 3.05) is 18.0 Å².